The van der Waals surface area contributed by atoms with Crippen LogP contribution in [0.3, 0.4) is 0 Å². The molecule has 0 aliphatic heterocycles. The maximum atomic E-state index is 3.30. The Balaban J connectivity index is 0.000000429. The molecule has 0 saturated heterocycles. The van der Waals surface area contributed by atoms with Crippen LogP contribution in [0.15, 0.2) is 66.7 Å². The second kappa shape index (κ2) is 12.3. The number of benzene rings is 2. The zero-order chi connectivity index (χ0) is 14.5. The number of fused-ring (bicyclic) bond motifs is 3. The van der Waals surface area contributed by atoms with E-state index in [0.717, 1.165) is 6.42 Å². The smallest absolute Gasteiger partial charge is 1.00 e. The first-order valence-corrected chi connectivity index (χ1v) is 7.67. The second-order valence-electron chi connectivity index (χ2n) is 5.44. The first kappa shape index (κ1) is 24.0. The normalized spacial score (nSPS) is 9.88. The van der Waals surface area contributed by atoms with Crippen LogP contribution in [0.1, 0.15) is 30.0 Å². The molecule has 3 heteroatoms. The molecule has 0 aromatic heterocycles. The molecule has 0 fully saturated rings. The van der Waals surface area contributed by atoms with Crippen LogP contribution < -0.4 is 48.0 Å². The van der Waals surface area contributed by atoms with Crippen molar-refractivity contribution in [3.8, 4) is 11.1 Å². The van der Waals surface area contributed by atoms with Crippen LogP contribution in [0.4, 0.5) is 0 Å². The van der Waals surface area contributed by atoms with Crippen LogP contribution in [0.25, 0.3) is 11.1 Å². The van der Waals surface area contributed by atoms with Crippen molar-refractivity contribution in [2.24, 2.45) is 0 Å². The van der Waals surface area contributed by atoms with Gasteiger partial charge < -0.3 is 48.0 Å². The largest absolute Gasteiger partial charge is 4.00 e. The third-order valence-electron chi connectivity index (χ3n) is 3.89. The molecule has 1 aliphatic rings. The molecule has 0 bridgehead atoms. The predicted octanol–water partition coefficient (Wildman–Crippen LogP) is -0.579. The zero-order valence-electron chi connectivity index (χ0n) is 13.7. The molecule has 3 aromatic rings. The molecule has 0 nitrogen and oxygen atoms in total. The summed E-state index contributed by atoms with van der Waals surface area (Å²) in [6.07, 6.45) is 3.53. The van der Waals surface area contributed by atoms with E-state index in [9.17, 15) is 0 Å². The van der Waals surface area contributed by atoms with Crippen LogP contribution in [0, 0.1) is 6.07 Å². The molecule has 0 spiro atoms. The van der Waals surface area contributed by atoms with Crippen LogP contribution in [0.2, 0.25) is 0 Å². The average molecular weight is 574 g/mol. The van der Waals surface area contributed by atoms with E-state index in [1.165, 1.54) is 40.7 Å². The minimum Gasteiger partial charge on any atom is -1.00 e. The molecular weight excluding hydrogens is 554 g/mol. The Bertz CT molecular complexity index is 662. The van der Waals surface area contributed by atoms with Crippen LogP contribution in [-0.4, -0.2) is 0 Å². The summed E-state index contributed by atoms with van der Waals surface area (Å²) in [5.74, 6) is 0. The Morgan fingerprint density at radius 3 is 2.29 bits per heavy atom. The van der Waals surface area contributed by atoms with Gasteiger partial charge in [0.2, 0.25) is 0 Å². The molecule has 24 heavy (non-hydrogen) atoms. The fourth-order valence-corrected chi connectivity index (χ4v) is 2.87. The second-order valence-corrected chi connectivity index (χ2v) is 5.44. The van der Waals surface area contributed by atoms with Gasteiger partial charge in [-0.25, -0.2) is 12.1 Å². The molecule has 0 atom stereocenters. The van der Waals surface area contributed by atoms with Gasteiger partial charge in [0.05, 0.1) is 0 Å². The fourth-order valence-electron chi connectivity index (χ4n) is 2.87. The van der Waals surface area contributed by atoms with Gasteiger partial charge in [0, 0.05) is 0 Å². The average Bonchev–Trinajstić information content (AvgIpc) is 3.15. The Morgan fingerprint density at radius 1 is 0.917 bits per heavy atom. The van der Waals surface area contributed by atoms with Gasteiger partial charge in [-0.05, 0) is 6.42 Å². The molecule has 0 unspecified atom stereocenters. The SMILES string of the molecule is CCC[c-]1cccc1.[I-].[I-].[Ti+4].[c-]1cccc2c1Cc1ccccc1-2. The van der Waals surface area contributed by atoms with Crippen LogP contribution in [0.5, 0.6) is 0 Å². The van der Waals surface area contributed by atoms with Crippen LogP contribution in [-0.2, 0) is 34.6 Å². The van der Waals surface area contributed by atoms with Crippen molar-refractivity contribution >= 4 is 0 Å². The zero-order valence-corrected chi connectivity index (χ0v) is 19.6. The van der Waals surface area contributed by atoms with Crippen molar-refractivity contribution in [1.29, 1.82) is 0 Å². The van der Waals surface area contributed by atoms with Crippen molar-refractivity contribution in [2.45, 2.75) is 26.2 Å². The van der Waals surface area contributed by atoms with E-state index in [4.69, 9.17) is 0 Å². The summed E-state index contributed by atoms with van der Waals surface area (Å²) < 4.78 is 0. The van der Waals surface area contributed by atoms with E-state index in [1.54, 1.807) is 0 Å². The molecule has 0 amide bonds. The molecule has 4 rings (SSSR count). The van der Waals surface area contributed by atoms with E-state index in [0.29, 0.717) is 0 Å². The summed E-state index contributed by atoms with van der Waals surface area (Å²) in [7, 11) is 0. The van der Waals surface area contributed by atoms with E-state index in [1.807, 2.05) is 6.07 Å². The minimum absolute atomic E-state index is 0. The third kappa shape index (κ3) is 6.04. The molecule has 0 saturated carbocycles. The Hall–Kier alpha value is -0.0357. The van der Waals surface area contributed by atoms with Gasteiger partial charge in [-0.3, -0.25) is 0 Å². The summed E-state index contributed by atoms with van der Waals surface area (Å²) in [6, 6.07) is 26.6. The Kier molecular flexibility index (Phi) is 12.3. The van der Waals surface area contributed by atoms with Gasteiger partial charge in [-0.15, -0.1) is 5.56 Å². The van der Waals surface area contributed by atoms with Crippen molar-refractivity contribution < 1.29 is 69.7 Å². The Labute approximate surface area is 194 Å². The molecule has 0 heterocycles. The van der Waals surface area contributed by atoms with Crippen molar-refractivity contribution in [1.82, 2.24) is 0 Å². The minimum atomic E-state index is 0. The molecule has 3 aromatic carbocycles. The number of rotatable bonds is 2. The fraction of sp³-hybridized carbons (Fsp3) is 0.190. The molecule has 0 radical (unpaired) electrons. The van der Waals surface area contributed by atoms with E-state index in [-0.39, 0.29) is 69.7 Å². The van der Waals surface area contributed by atoms with Gasteiger partial charge in [-0.1, -0.05) is 55.2 Å². The number of hydrogen-bond donors (Lipinski definition) is 0. The van der Waals surface area contributed by atoms with Crippen molar-refractivity contribution in [3.05, 3.63) is 89.5 Å². The predicted molar refractivity (Wildman–Crippen MR) is 89.6 cm³/mol. The summed E-state index contributed by atoms with van der Waals surface area (Å²) >= 11 is 0. The molecule has 1 aliphatic carbocycles. The number of aryl methyl sites for hydroxylation is 1. The molecule has 122 valence electrons. The first-order valence-electron chi connectivity index (χ1n) is 7.67. The van der Waals surface area contributed by atoms with Gasteiger partial charge in [0.25, 0.3) is 0 Å². The first-order chi connectivity index (χ1) is 10.4. The van der Waals surface area contributed by atoms with Crippen LogP contribution >= 0.6 is 0 Å². The maximum absolute atomic E-state index is 3.30. The van der Waals surface area contributed by atoms with Gasteiger partial charge in [0.15, 0.2) is 0 Å². The monoisotopic (exact) mass is 574 g/mol. The summed E-state index contributed by atoms with van der Waals surface area (Å²) in [5.41, 5.74) is 6.98. The summed E-state index contributed by atoms with van der Waals surface area (Å²) in [6.45, 7) is 2.20. The molecular formula is C21H20I2Ti. The van der Waals surface area contributed by atoms with Gasteiger partial charge in [0.1, 0.15) is 0 Å². The number of halogens is 2. The van der Waals surface area contributed by atoms with E-state index < -0.39 is 0 Å². The van der Waals surface area contributed by atoms with E-state index >= 15 is 0 Å². The third-order valence-corrected chi connectivity index (χ3v) is 3.89. The Morgan fingerprint density at radius 2 is 1.58 bits per heavy atom. The van der Waals surface area contributed by atoms with Gasteiger partial charge in [-0.2, -0.15) is 47.5 Å². The topological polar surface area (TPSA) is 0 Å². The summed E-state index contributed by atoms with van der Waals surface area (Å²) in [5, 5.41) is 0. The van der Waals surface area contributed by atoms with Crippen molar-refractivity contribution in [3.63, 3.8) is 0 Å². The standard InChI is InChI=1S/C13H9.C8H11.2HI.Ti/c1-3-7-12-10(5-1)9-11-6-2-4-8-13(11)12;1-2-5-8-6-3-4-7-8;;;/h1-5,7-8H,9H2;3-4,6-7H,2,5H2,1H3;2*1H;/q2*-1;;;+4/p-2. The van der Waals surface area contributed by atoms with Gasteiger partial charge >= 0.3 is 21.7 Å². The van der Waals surface area contributed by atoms with Crippen molar-refractivity contribution in [2.75, 3.05) is 0 Å². The maximum Gasteiger partial charge on any atom is 4.00 e. The summed E-state index contributed by atoms with van der Waals surface area (Å²) in [4.78, 5) is 0. The quantitative estimate of drug-likeness (QED) is 0.171. The number of hydrogen-bond acceptors (Lipinski definition) is 0. The van der Waals surface area contributed by atoms with E-state index in [2.05, 4.69) is 73.7 Å². The molecule has 0 N–H and O–H groups in total.